The second-order valence-electron chi connectivity index (χ2n) is 5.54. The van der Waals surface area contributed by atoms with E-state index in [-0.39, 0.29) is 0 Å². The molecule has 5 nitrogen and oxygen atoms in total. The fraction of sp³-hybridized carbons (Fsp3) is 0.600. The molecule has 0 saturated carbocycles. The highest BCUT2D eigenvalue weighted by Crippen LogP contribution is 2.27. The van der Waals surface area contributed by atoms with Gasteiger partial charge in [-0.1, -0.05) is 13.3 Å². The Kier molecular flexibility index (Phi) is 4.67. The summed E-state index contributed by atoms with van der Waals surface area (Å²) in [5.74, 6) is 1.08. The lowest BCUT2D eigenvalue weighted by atomic mass is 10.1. The van der Waals surface area contributed by atoms with Gasteiger partial charge in [-0.15, -0.1) is 11.3 Å². The number of rotatable bonds is 5. The highest BCUT2D eigenvalue weighted by atomic mass is 32.1. The van der Waals surface area contributed by atoms with Gasteiger partial charge in [-0.3, -0.25) is 4.90 Å². The van der Waals surface area contributed by atoms with Crippen LogP contribution in [0.3, 0.4) is 0 Å². The SMILES string of the molecule is CCCC(CN)N1CCN(c2ncnc3sccc23)CC1. The van der Waals surface area contributed by atoms with Gasteiger partial charge >= 0.3 is 0 Å². The summed E-state index contributed by atoms with van der Waals surface area (Å²) in [7, 11) is 0. The Morgan fingerprint density at radius 2 is 2.10 bits per heavy atom. The molecule has 0 spiro atoms. The predicted molar refractivity (Wildman–Crippen MR) is 89.0 cm³/mol. The third-order valence-corrected chi connectivity index (χ3v) is 5.09. The van der Waals surface area contributed by atoms with Crippen LogP contribution in [0.1, 0.15) is 19.8 Å². The van der Waals surface area contributed by atoms with Gasteiger partial charge < -0.3 is 10.6 Å². The summed E-state index contributed by atoms with van der Waals surface area (Å²) in [5.41, 5.74) is 5.92. The molecule has 1 aliphatic rings. The maximum absolute atomic E-state index is 5.92. The van der Waals surface area contributed by atoms with Gasteiger partial charge in [0.1, 0.15) is 17.0 Å². The van der Waals surface area contributed by atoms with E-state index in [1.807, 2.05) is 0 Å². The molecular weight excluding hydrogens is 282 g/mol. The molecule has 1 unspecified atom stereocenters. The van der Waals surface area contributed by atoms with Gasteiger partial charge in [0.15, 0.2) is 0 Å². The molecule has 0 radical (unpaired) electrons. The first kappa shape index (κ1) is 14.7. The number of hydrogen-bond acceptors (Lipinski definition) is 6. The zero-order chi connectivity index (χ0) is 14.7. The fourth-order valence-electron chi connectivity index (χ4n) is 3.11. The summed E-state index contributed by atoms with van der Waals surface area (Å²) < 4.78 is 0. The van der Waals surface area contributed by atoms with Crippen molar-refractivity contribution in [2.45, 2.75) is 25.8 Å². The van der Waals surface area contributed by atoms with Crippen molar-refractivity contribution < 1.29 is 0 Å². The summed E-state index contributed by atoms with van der Waals surface area (Å²) in [6.07, 6.45) is 4.07. The van der Waals surface area contributed by atoms with Crippen molar-refractivity contribution in [2.75, 3.05) is 37.6 Å². The third-order valence-electron chi connectivity index (χ3n) is 4.26. The van der Waals surface area contributed by atoms with Crippen LogP contribution in [0.5, 0.6) is 0 Å². The molecule has 2 aromatic heterocycles. The van der Waals surface area contributed by atoms with E-state index in [1.165, 1.54) is 18.2 Å². The van der Waals surface area contributed by atoms with E-state index in [0.717, 1.165) is 43.4 Å². The monoisotopic (exact) mass is 305 g/mol. The summed E-state index contributed by atoms with van der Waals surface area (Å²) >= 11 is 1.68. The third kappa shape index (κ3) is 3.02. The van der Waals surface area contributed by atoms with Gasteiger partial charge in [-0.2, -0.15) is 0 Å². The molecule has 3 heterocycles. The van der Waals surface area contributed by atoms with E-state index in [9.17, 15) is 0 Å². The van der Waals surface area contributed by atoms with Gasteiger partial charge in [0.25, 0.3) is 0 Å². The molecule has 21 heavy (non-hydrogen) atoms. The van der Waals surface area contributed by atoms with Gasteiger partial charge in [0.2, 0.25) is 0 Å². The number of thiophene rings is 1. The first-order chi connectivity index (χ1) is 10.3. The van der Waals surface area contributed by atoms with E-state index >= 15 is 0 Å². The van der Waals surface area contributed by atoms with Crippen molar-refractivity contribution in [2.24, 2.45) is 5.73 Å². The lowest BCUT2D eigenvalue weighted by molar-refractivity contribution is 0.179. The molecule has 0 bridgehead atoms. The van der Waals surface area contributed by atoms with Crippen LogP contribution in [0, 0.1) is 0 Å². The number of nitrogens with two attached hydrogens (primary N) is 1. The minimum absolute atomic E-state index is 0.531. The Hall–Kier alpha value is -1.24. The summed E-state index contributed by atoms with van der Waals surface area (Å²) in [6.45, 7) is 7.16. The van der Waals surface area contributed by atoms with E-state index in [0.29, 0.717) is 6.04 Å². The molecule has 1 atom stereocenters. The minimum Gasteiger partial charge on any atom is -0.353 e. The highest BCUT2D eigenvalue weighted by Gasteiger charge is 2.24. The lowest BCUT2D eigenvalue weighted by Gasteiger charge is -2.39. The van der Waals surface area contributed by atoms with Crippen LogP contribution in [0.15, 0.2) is 17.8 Å². The molecule has 2 aromatic rings. The van der Waals surface area contributed by atoms with Gasteiger partial charge in [0.05, 0.1) is 5.39 Å². The number of nitrogens with zero attached hydrogens (tertiary/aromatic N) is 4. The van der Waals surface area contributed by atoms with Crippen molar-refractivity contribution in [1.29, 1.82) is 0 Å². The van der Waals surface area contributed by atoms with Gasteiger partial charge in [-0.25, -0.2) is 9.97 Å². The Morgan fingerprint density at radius 1 is 1.29 bits per heavy atom. The number of anilines is 1. The average Bonchev–Trinajstić information content (AvgIpc) is 3.01. The molecule has 0 aliphatic carbocycles. The molecule has 114 valence electrons. The topological polar surface area (TPSA) is 58.3 Å². The van der Waals surface area contributed by atoms with Gasteiger partial charge in [-0.05, 0) is 17.9 Å². The first-order valence-corrected chi connectivity index (χ1v) is 8.58. The average molecular weight is 305 g/mol. The summed E-state index contributed by atoms with van der Waals surface area (Å²) in [6, 6.07) is 2.66. The molecule has 0 aromatic carbocycles. The van der Waals surface area contributed by atoms with Crippen LogP contribution in [0.25, 0.3) is 10.2 Å². The number of fused-ring (bicyclic) bond motifs is 1. The van der Waals surface area contributed by atoms with Crippen molar-refractivity contribution in [3.8, 4) is 0 Å². The molecule has 1 fully saturated rings. The predicted octanol–water partition coefficient (Wildman–Crippen LogP) is 1.94. The van der Waals surface area contributed by atoms with E-state index in [2.05, 4.69) is 38.1 Å². The Labute approximate surface area is 129 Å². The van der Waals surface area contributed by atoms with Crippen LogP contribution in [0.2, 0.25) is 0 Å². The van der Waals surface area contributed by atoms with Crippen LogP contribution < -0.4 is 10.6 Å². The van der Waals surface area contributed by atoms with Crippen molar-refractivity contribution in [3.05, 3.63) is 17.8 Å². The zero-order valence-electron chi connectivity index (χ0n) is 12.5. The molecule has 1 aliphatic heterocycles. The van der Waals surface area contributed by atoms with E-state index in [1.54, 1.807) is 17.7 Å². The molecular formula is C15H23N5S. The largest absolute Gasteiger partial charge is 0.353 e. The van der Waals surface area contributed by atoms with Crippen LogP contribution in [0.4, 0.5) is 5.82 Å². The number of hydrogen-bond donors (Lipinski definition) is 1. The molecule has 1 saturated heterocycles. The minimum atomic E-state index is 0.531. The standard InChI is InChI=1S/C15H23N5S/c1-2-3-12(10-16)19-5-7-20(8-6-19)14-13-4-9-21-15(13)18-11-17-14/h4,9,11-12H,2-3,5-8,10,16H2,1H3. The maximum atomic E-state index is 5.92. The normalized spacial score (nSPS) is 18.3. The molecule has 2 N–H and O–H groups in total. The van der Waals surface area contributed by atoms with Crippen molar-refractivity contribution in [3.63, 3.8) is 0 Å². The van der Waals surface area contributed by atoms with Crippen molar-refractivity contribution >= 4 is 27.4 Å². The van der Waals surface area contributed by atoms with Crippen LogP contribution in [-0.4, -0.2) is 53.6 Å². The lowest BCUT2D eigenvalue weighted by Crippen LogP contribution is -2.52. The maximum Gasteiger partial charge on any atom is 0.140 e. The van der Waals surface area contributed by atoms with Crippen LogP contribution >= 0.6 is 11.3 Å². The van der Waals surface area contributed by atoms with Gasteiger partial charge in [0, 0.05) is 38.8 Å². The highest BCUT2D eigenvalue weighted by molar-refractivity contribution is 7.16. The Balaban J connectivity index is 1.69. The van der Waals surface area contributed by atoms with Crippen molar-refractivity contribution in [1.82, 2.24) is 14.9 Å². The fourth-order valence-corrected chi connectivity index (χ4v) is 3.84. The summed E-state index contributed by atoms with van der Waals surface area (Å²) in [5, 5.41) is 3.27. The molecule has 6 heteroatoms. The Bertz CT molecular complexity index is 576. The number of aromatic nitrogens is 2. The molecule has 3 rings (SSSR count). The molecule has 0 amide bonds. The zero-order valence-corrected chi connectivity index (χ0v) is 13.4. The van der Waals surface area contributed by atoms with E-state index in [4.69, 9.17) is 5.73 Å². The first-order valence-electron chi connectivity index (χ1n) is 7.70. The second-order valence-corrected chi connectivity index (χ2v) is 6.43. The summed E-state index contributed by atoms with van der Waals surface area (Å²) in [4.78, 5) is 14.8. The second kappa shape index (κ2) is 6.68. The smallest absolute Gasteiger partial charge is 0.140 e. The van der Waals surface area contributed by atoms with E-state index < -0.39 is 0 Å². The quantitative estimate of drug-likeness (QED) is 0.915. The Morgan fingerprint density at radius 3 is 2.81 bits per heavy atom. The number of piperazine rings is 1. The van der Waals surface area contributed by atoms with Crippen LogP contribution in [-0.2, 0) is 0 Å².